The molecular weight excluding hydrogens is 291 g/mol. The number of hydrogen-bond acceptors (Lipinski definition) is 8. The summed E-state index contributed by atoms with van der Waals surface area (Å²) in [5.74, 6) is 0.819. The first-order valence-electron chi connectivity index (χ1n) is 6.96. The van der Waals surface area contributed by atoms with Gasteiger partial charge in [0.15, 0.2) is 17.3 Å². The van der Waals surface area contributed by atoms with Gasteiger partial charge in [0.05, 0.1) is 19.3 Å². The van der Waals surface area contributed by atoms with Gasteiger partial charge in [0, 0.05) is 6.42 Å². The third kappa shape index (κ3) is 2.27. The summed E-state index contributed by atoms with van der Waals surface area (Å²) in [7, 11) is 0. The summed E-state index contributed by atoms with van der Waals surface area (Å²) < 4.78 is 20.8. The number of aliphatic hydroxyl groups excluding tert-OH is 1. The standard InChI is InChI=1S/C13H19FN6O2/c1-7(2)13(14)3-8(5-21)22-9(13)4-20-12-10(18-19-20)11(15)16-6-17-12/h6,8-9,18-19,21H,1,3-5H2,2H3,(H2,15,16,17)/t8-,9-,13?/m0/s1. The van der Waals surface area contributed by atoms with Gasteiger partial charge >= 0.3 is 0 Å². The first-order valence-corrected chi connectivity index (χ1v) is 6.96. The third-order valence-electron chi connectivity index (χ3n) is 4.08. The topological polar surface area (TPSA) is 109 Å². The second kappa shape index (κ2) is 5.34. The van der Waals surface area contributed by atoms with Crippen molar-refractivity contribution in [1.29, 1.82) is 0 Å². The zero-order valence-electron chi connectivity index (χ0n) is 12.2. The minimum Gasteiger partial charge on any atom is -0.394 e. The monoisotopic (exact) mass is 310 g/mol. The number of anilines is 3. The molecule has 0 radical (unpaired) electrons. The van der Waals surface area contributed by atoms with Crippen LogP contribution < -0.4 is 21.7 Å². The molecule has 1 unspecified atom stereocenters. The Bertz CT molecular complexity index is 600. The Morgan fingerprint density at radius 3 is 3.14 bits per heavy atom. The maximum atomic E-state index is 15.2. The second-order valence-electron chi connectivity index (χ2n) is 5.58. The molecule has 3 heterocycles. The Morgan fingerprint density at radius 1 is 1.68 bits per heavy atom. The summed E-state index contributed by atoms with van der Waals surface area (Å²) in [6.45, 7) is 5.30. The van der Waals surface area contributed by atoms with E-state index in [1.165, 1.54) is 6.33 Å². The Labute approximate surface area is 127 Å². The Hall–Kier alpha value is -1.97. The molecule has 0 spiro atoms. The molecular formula is C13H19FN6O2. The van der Waals surface area contributed by atoms with Crippen molar-refractivity contribution in [1.82, 2.24) is 15.5 Å². The fraction of sp³-hybridized carbons (Fsp3) is 0.538. The highest BCUT2D eigenvalue weighted by atomic mass is 19.1. The van der Waals surface area contributed by atoms with Crippen LogP contribution in [0.2, 0.25) is 0 Å². The number of nitrogens with two attached hydrogens (primary N) is 1. The van der Waals surface area contributed by atoms with E-state index in [1.807, 2.05) is 0 Å². The smallest absolute Gasteiger partial charge is 0.174 e. The lowest BCUT2D eigenvalue weighted by atomic mass is 9.89. The first-order chi connectivity index (χ1) is 10.5. The van der Waals surface area contributed by atoms with E-state index in [9.17, 15) is 5.11 Å². The molecule has 120 valence electrons. The van der Waals surface area contributed by atoms with Gasteiger partial charge in [-0.15, -0.1) is 5.53 Å². The zero-order valence-corrected chi connectivity index (χ0v) is 12.2. The van der Waals surface area contributed by atoms with Crippen LogP contribution in [-0.4, -0.2) is 46.1 Å². The first kappa shape index (κ1) is 14.9. The van der Waals surface area contributed by atoms with Crippen LogP contribution in [0, 0.1) is 0 Å². The molecule has 0 amide bonds. The molecule has 8 nitrogen and oxygen atoms in total. The molecule has 2 aliphatic rings. The summed E-state index contributed by atoms with van der Waals surface area (Å²) in [5, 5.41) is 10.9. The number of aromatic nitrogens is 2. The number of nitrogens with one attached hydrogen (secondary N) is 2. The second-order valence-corrected chi connectivity index (χ2v) is 5.58. The number of nitrogen functional groups attached to an aromatic ring is 1. The predicted molar refractivity (Wildman–Crippen MR) is 79.6 cm³/mol. The molecule has 0 saturated carbocycles. The van der Waals surface area contributed by atoms with Crippen molar-refractivity contribution in [2.45, 2.75) is 31.2 Å². The largest absolute Gasteiger partial charge is 0.394 e. The molecule has 1 saturated heterocycles. The highest BCUT2D eigenvalue weighted by molar-refractivity contribution is 5.78. The minimum absolute atomic E-state index is 0.0868. The molecule has 3 atom stereocenters. The normalized spacial score (nSPS) is 30.2. The lowest BCUT2D eigenvalue weighted by Gasteiger charge is -2.29. The molecule has 1 aromatic heterocycles. The van der Waals surface area contributed by atoms with Crippen LogP contribution >= 0.6 is 0 Å². The van der Waals surface area contributed by atoms with Gasteiger partial charge in [0.2, 0.25) is 0 Å². The van der Waals surface area contributed by atoms with Crippen molar-refractivity contribution in [3.05, 3.63) is 18.5 Å². The molecule has 0 aromatic carbocycles. The molecule has 22 heavy (non-hydrogen) atoms. The Balaban J connectivity index is 1.82. The molecule has 3 rings (SSSR count). The van der Waals surface area contributed by atoms with Crippen LogP contribution in [0.25, 0.3) is 0 Å². The lowest BCUT2D eigenvalue weighted by molar-refractivity contribution is -0.00731. The SMILES string of the molecule is C=C(C)C1(F)C[C@@H](CO)O[C@H]1CN1NNc2c(N)ncnc21. The molecule has 2 aliphatic heterocycles. The van der Waals surface area contributed by atoms with Crippen LogP contribution in [0.15, 0.2) is 18.5 Å². The van der Waals surface area contributed by atoms with E-state index in [0.717, 1.165) is 0 Å². The van der Waals surface area contributed by atoms with Gasteiger partial charge in [-0.25, -0.2) is 14.4 Å². The summed E-state index contributed by atoms with van der Waals surface area (Å²) in [6.07, 6.45) is 0.100. The number of nitrogens with zero attached hydrogens (tertiary/aromatic N) is 3. The van der Waals surface area contributed by atoms with Crippen molar-refractivity contribution in [2.75, 3.05) is 29.3 Å². The maximum Gasteiger partial charge on any atom is 0.174 e. The fourth-order valence-corrected chi connectivity index (χ4v) is 2.78. The number of ether oxygens (including phenoxy) is 1. The van der Waals surface area contributed by atoms with E-state index in [-0.39, 0.29) is 19.6 Å². The van der Waals surface area contributed by atoms with Gasteiger partial charge in [-0.1, -0.05) is 6.58 Å². The van der Waals surface area contributed by atoms with Gasteiger partial charge in [-0.05, 0) is 12.5 Å². The number of alkyl halides is 1. The number of halogens is 1. The average Bonchev–Trinajstić information content (AvgIpc) is 3.04. The van der Waals surface area contributed by atoms with E-state index < -0.39 is 17.9 Å². The fourth-order valence-electron chi connectivity index (χ4n) is 2.78. The van der Waals surface area contributed by atoms with Gasteiger partial charge in [-0.2, -0.15) is 0 Å². The van der Waals surface area contributed by atoms with Crippen molar-refractivity contribution in [2.24, 2.45) is 0 Å². The molecule has 5 N–H and O–H groups in total. The zero-order chi connectivity index (χ0) is 15.9. The number of aliphatic hydroxyl groups is 1. The number of fused-ring (bicyclic) bond motifs is 1. The van der Waals surface area contributed by atoms with E-state index in [0.29, 0.717) is 22.9 Å². The van der Waals surface area contributed by atoms with E-state index >= 15 is 4.39 Å². The van der Waals surface area contributed by atoms with Crippen LogP contribution in [0.4, 0.5) is 21.7 Å². The lowest BCUT2D eigenvalue weighted by Crippen LogP contribution is -2.48. The van der Waals surface area contributed by atoms with Crippen molar-refractivity contribution in [3.8, 4) is 0 Å². The summed E-state index contributed by atoms with van der Waals surface area (Å²) in [5.41, 5.74) is 10.7. The Kier molecular flexibility index (Phi) is 3.63. The Morgan fingerprint density at radius 2 is 2.45 bits per heavy atom. The van der Waals surface area contributed by atoms with Gasteiger partial charge in [0.25, 0.3) is 0 Å². The van der Waals surface area contributed by atoms with Gasteiger partial charge < -0.3 is 15.6 Å². The van der Waals surface area contributed by atoms with E-state index in [4.69, 9.17) is 10.5 Å². The molecule has 0 bridgehead atoms. The van der Waals surface area contributed by atoms with Crippen LogP contribution in [0.1, 0.15) is 13.3 Å². The number of hydrogen-bond donors (Lipinski definition) is 4. The summed E-state index contributed by atoms with van der Waals surface area (Å²) in [6, 6.07) is 0. The summed E-state index contributed by atoms with van der Waals surface area (Å²) >= 11 is 0. The summed E-state index contributed by atoms with van der Waals surface area (Å²) in [4.78, 5) is 8.02. The average molecular weight is 310 g/mol. The van der Waals surface area contributed by atoms with Crippen molar-refractivity contribution < 1.29 is 14.2 Å². The maximum absolute atomic E-state index is 15.2. The van der Waals surface area contributed by atoms with Crippen molar-refractivity contribution >= 4 is 17.3 Å². The highest BCUT2D eigenvalue weighted by Crippen LogP contribution is 2.41. The van der Waals surface area contributed by atoms with E-state index in [2.05, 4.69) is 27.5 Å². The highest BCUT2D eigenvalue weighted by Gasteiger charge is 2.51. The van der Waals surface area contributed by atoms with Gasteiger partial charge in [-0.3, -0.25) is 10.4 Å². The van der Waals surface area contributed by atoms with Crippen LogP contribution in [-0.2, 0) is 4.74 Å². The molecule has 0 aliphatic carbocycles. The minimum atomic E-state index is -1.70. The number of hydrazine groups is 2. The third-order valence-corrected chi connectivity index (χ3v) is 4.08. The molecule has 9 heteroatoms. The van der Waals surface area contributed by atoms with E-state index in [1.54, 1.807) is 11.9 Å². The van der Waals surface area contributed by atoms with Crippen molar-refractivity contribution in [3.63, 3.8) is 0 Å². The van der Waals surface area contributed by atoms with Gasteiger partial charge in [0.1, 0.15) is 18.1 Å². The number of rotatable bonds is 4. The molecule has 1 fully saturated rings. The van der Waals surface area contributed by atoms with Crippen LogP contribution in [0.5, 0.6) is 0 Å². The molecule has 1 aromatic rings. The quantitative estimate of drug-likeness (QED) is 0.582. The van der Waals surface area contributed by atoms with Crippen LogP contribution in [0.3, 0.4) is 0 Å². The predicted octanol–water partition coefficient (Wildman–Crippen LogP) is 0.145.